The summed E-state index contributed by atoms with van der Waals surface area (Å²) >= 11 is 5.57. The van der Waals surface area contributed by atoms with Crippen LogP contribution in [0.1, 0.15) is 25.3 Å². The molecule has 17 heavy (non-hydrogen) atoms. The van der Waals surface area contributed by atoms with Gasteiger partial charge >= 0.3 is 6.18 Å². The van der Waals surface area contributed by atoms with Gasteiger partial charge in [0.25, 0.3) is 0 Å². The van der Waals surface area contributed by atoms with Crippen molar-refractivity contribution in [1.29, 1.82) is 0 Å². The lowest BCUT2D eigenvalue weighted by molar-refractivity contribution is -0.137. The average molecular weight is 266 g/mol. The molecule has 0 bridgehead atoms. The summed E-state index contributed by atoms with van der Waals surface area (Å²) in [5, 5.41) is 2.31. The van der Waals surface area contributed by atoms with Crippen molar-refractivity contribution in [3.05, 3.63) is 28.8 Å². The number of hydrogen-bond acceptors (Lipinski definition) is 1. The number of carbonyl (C=O) groups is 1. The van der Waals surface area contributed by atoms with Gasteiger partial charge in [-0.3, -0.25) is 4.79 Å². The predicted octanol–water partition coefficient (Wildman–Crippen LogP) is 4.10. The number of halogens is 4. The summed E-state index contributed by atoms with van der Waals surface area (Å²) in [5.41, 5.74) is -0.819. The van der Waals surface area contributed by atoms with Gasteiger partial charge in [-0.2, -0.15) is 13.2 Å². The van der Waals surface area contributed by atoms with Gasteiger partial charge in [-0.25, -0.2) is 0 Å². The highest BCUT2D eigenvalue weighted by molar-refractivity contribution is 6.31. The van der Waals surface area contributed by atoms with Crippen molar-refractivity contribution in [2.75, 3.05) is 5.32 Å². The van der Waals surface area contributed by atoms with Gasteiger partial charge < -0.3 is 5.32 Å². The summed E-state index contributed by atoms with van der Waals surface area (Å²) in [4.78, 5) is 11.2. The molecule has 0 heterocycles. The molecule has 0 aliphatic carbocycles. The van der Waals surface area contributed by atoms with Crippen molar-refractivity contribution >= 4 is 23.2 Å². The number of hydrogen-bond donors (Lipinski definition) is 1. The lowest BCUT2D eigenvalue weighted by atomic mass is 10.2. The van der Waals surface area contributed by atoms with Crippen molar-refractivity contribution < 1.29 is 18.0 Å². The van der Waals surface area contributed by atoms with E-state index in [4.69, 9.17) is 11.6 Å². The molecule has 1 amide bonds. The Labute approximate surface area is 102 Å². The molecule has 94 valence electrons. The summed E-state index contributed by atoms with van der Waals surface area (Å²) in [6.07, 6.45) is -3.60. The van der Waals surface area contributed by atoms with Crippen molar-refractivity contribution in [2.45, 2.75) is 25.9 Å². The minimum atomic E-state index is -4.48. The maximum Gasteiger partial charge on any atom is 0.416 e. The third kappa shape index (κ3) is 4.26. The molecule has 1 aromatic rings. The van der Waals surface area contributed by atoms with E-state index in [0.717, 1.165) is 12.1 Å². The molecule has 0 aromatic heterocycles. The highest BCUT2D eigenvalue weighted by atomic mass is 35.5. The van der Waals surface area contributed by atoms with E-state index >= 15 is 0 Å². The molecule has 0 saturated carbocycles. The van der Waals surface area contributed by atoms with Crippen molar-refractivity contribution in [3.8, 4) is 0 Å². The number of amides is 1. The van der Waals surface area contributed by atoms with Gasteiger partial charge in [-0.15, -0.1) is 0 Å². The zero-order valence-electron chi connectivity index (χ0n) is 9.07. The minimum Gasteiger partial charge on any atom is -0.326 e. The Morgan fingerprint density at radius 1 is 1.35 bits per heavy atom. The number of rotatable bonds is 3. The van der Waals surface area contributed by atoms with E-state index < -0.39 is 11.7 Å². The molecule has 2 nitrogen and oxygen atoms in total. The highest BCUT2D eigenvalue weighted by Crippen LogP contribution is 2.33. The van der Waals surface area contributed by atoms with Gasteiger partial charge in [0.2, 0.25) is 5.91 Å². The summed E-state index contributed by atoms with van der Waals surface area (Å²) < 4.78 is 37.4. The Morgan fingerprint density at radius 2 is 2.00 bits per heavy atom. The SMILES string of the molecule is CCCC(=O)Nc1cc(Cl)cc(C(F)(F)F)c1. The number of nitrogens with one attached hydrogen (secondary N) is 1. The smallest absolute Gasteiger partial charge is 0.326 e. The number of anilines is 1. The van der Waals surface area contributed by atoms with Crippen LogP contribution < -0.4 is 5.32 Å². The second kappa shape index (κ2) is 5.40. The normalized spacial score (nSPS) is 11.4. The summed E-state index contributed by atoms with van der Waals surface area (Å²) in [7, 11) is 0. The van der Waals surface area contributed by atoms with E-state index in [1.807, 2.05) is 0 Å². The first-order chi connectivity index (χ1) is 7.82. The van der Waals surface area contributed by atoms with Crippen LogP contribution in [0.4, 0.5) is 18.9 Å². The first-order valence-electron chi connectivity index (χ1n) is 5.00. The molecule has 0 aliphatic rings. The molecule has 0 spiro atoms. The Hall–Kier alpha value is -1.23. The van der Waals surface area contributed by atoms with Crippen LogP contribution in [0.5, 0.6) is 0 Å². The Bertz CT molecular complexity index is 418. The first-order valence-corrected chi connectivity index (χ1v) is 5.38. The van der Waals surface area contributed by atoms with E-state index in [1.165, 1.54) is 6.07 Å². The Balaban J connectivity index is 2.94. The number of alkyl halides is 3. The molecule has 0 radical (unpaired) electrons. The van der Waals surface area contributed by atoms with Crippen LogP contribution in [0.2, 0.25) is 5.02 Å². The van der Waals surface area contributed by atoms with Crippen molar-refractivity contribution in [1.82, 2.24) is 0 Å². The van der Waals surface area contributed by atoms with E-state index in [2.05, 4.69) is 5.32 Å². The van der Waals surface area contributed by atoms with E-state index in [-0.39, 0.29) is 23.0 Å². The second-order valence-electron chi connectivity index (χ2n) is 3.52. The molecule has 0 saturated heterocycles. The molecule has 0 atom stereocenters. The topological polar surface area (TPSA) is 29.1 Å². The van der Waals surface area contributed by atoms with Gasteiger partial charge in [0, 0.05) is 17.1 Å². The Kier molecular flexibility index (Phi) is 4.40. The minimum absolute atomic E-state index is 0.0586. The molecule has 1 N–H and O–H groups in total. The quantitative estimate of drug-likeness (QED) is 0.876. The average Bonchev–Trinajstić information content (AvgIpc) is 2.15. The highest BCUT2D eigenvalue weighted by Gasteiger charge is 2.31. The van der Waals surface area contributed by atoms with Gasteiger partial charge in [-0.1, -0.05) is 18.5 Å². The lowest BCUT2D eigenvalue weighted by Crippen LogP contribution is -2.12. The maximum absolute atomic E-state index is 12.5. The molecular formula is C11H11ClF3NO. The summed E-state index contributed by atoms with van der Waals surface area (Å²) in [6.45, 7) is 1.80. The summed E-state index contributed by atoms with van der Waals surface area (Å²) in [6, 6.07) is 2.96. The Morgan fingerprint density at radius 3 is 2.53 bits per heavy atom. The van der Waals surface area contributed by atoms with E-state index in [9.17, 15) is 18.0 Å². The fraction of sp³-hybridized carbons (Fsp3) is 0.364. The molecule has 0 fully saturated rings. The van der Waals surface area contributed by atoms with Crippen LogP contribution in [0.25, 0.3) is 0 Å². The van der Waals surface area contributed by atoms with Gasteiger partial charge in [0.15, 0.2) is 0 Å². The number of carbonyl (C=O) groups excluding carboxylic acids is 1. The molecule has 1 rings (SSSR count). The van der Waals surface area contributed by atoms with Crippen LogP contribution in [-0.4, -0.2) is 5.91 Å². The van der Waals surface area contributed by atoms with Gasteiger partial charge in [0.05, 0.1) is 5.56 Å². The molecular weight excluding hydrogens is 255 g/mol. The summed E-state index contributed by atoms with van der Waals surface area (Å²) in [5.74, 6) is -0.331. The fourth-order valence-electron chi connectivity index (χ4n) is 1.28. The molecule has 1 aromatic carbocycles. The second-order valence-corrected chi connectivity index (χ2v) is 3.96. The third-order valence-electron chi connectivity index (χ3n) is 1.99. The lowest BCUT2D eigenvalue weighted by Gasteiger charge is -2.10. The first kappa shape index (κ1) is 13.8. The maximum atomic E-state index is 12.5. The molecule has 0 aliphatic heterocycles. The van der Waals surface area contributed by atoms with Crippen LogP contribution in [0, 0.1) is 0 Å². The zero-order valence-corrected chi connectivity index (χ0v) is 9.82. The fourth-order valence-corrected chi connectivity index (χ4v) is 1.51. The van der Waals surface area contributed by atoms with Crippen LogP contribution in [0.15, 0.2) is 18.2 Å². The third-order valence-corrected chi connectivity index (χ3v) is 2.20. The standard InChI is InChI=1S/C11H11ClF3NO/c1-2-3-10(17)16-9-5-7(11(13,14)15)4-8(12)6-9/h4-6H,2-3H2,1H3,(H,16,17). The monoisotopic (exact) mass is 265 g/mol. The largest absolute Gasteiger partial charge is 0.416 e. The van der Waals surface area contributed by atoms with Crippen LogP contribution in [0.3, 0.4) is 0 Å². The van der Waals surface area contributed by atoms with Crippen LogP contribution in [-0.2, 0) is 11.0 Å². The van der Waals surface area contributed by atoms with Gasteiger partial charge in [-0.05, 0) is 24.6 Å². The van der Waals surface area contributed by atoms with E-state index in [0.29, 0.717) is 6.42 Å². The predicted molar refractivity (Wildman–Crippen MR) is 60.0 cm³/mol. The zero-order chi connectivity index (χ0) is 13.1. The number of benzene rings is 1. The van der Waals surface area contributed by atoms with Crippen molar-refractivity contribution in [2.24, 2.45) is 0 Å². The van der Waals surface area contributed by atoms with E-state index in [1.54, 1.807) is 6.92 Å². The molecule has 0 unspecified atom stereocenters. The van der Waals surface area contributed by atoms with Crippen LogP contribution >= 0.6 is 11.6 Å². The molecule has 6 heteroatoms. The van der Waals surface area contributed by atoms with Gasteiger partial charge in [0.1, 0.15) is 0 Å². The van der Waals surface area contributed by atoms with Crippen molar-refractivity contribution in [3.63, 3.8) is 0 Å².